The molecule has 0 spiro atoms. The van der Waals surface area contributed by atoms with Gasteiger partial charge in [-0.2, -0.15) is 12.6 Å². The summed E-state index contributed by atoms with van der Waals surface area (Å²) in [7, 11) is 0. The molecule has 1 aromatic rings. The largest absolute Gasteiger partial charge is 0.328 e. The Morgan fingerprint density at radius 2 is 2.25 bits per heavy atom. The molecule has 1 heterocycles. The van der Waals surface area contributed by atoms with Crippen molar-refractivity contribution in [3.8, 4) is 0 Å². The number of H-pyrrole nitrogens is 1. The van der Waals surface area contributed by atoms with Crippen LogP contribution in [0.4, 0.5) is 0 Å². The van der Waals surface area contributed by atoms with Crippen molar-refractivity contribution in [2.45, 2.75) is 6.54 Å². The summed E-state index contributed by atoms with van der Waals surface area (Å²) in [5.41, 5.74) is -0.812. The Morgan fingerprint density at radius 3 is 2.83 bits per heavy atom. The summed E-state index contributed by atoms with van der Waals surface area (Å²) in [6, 6.07) is 0. The molecule has 0 atom stereocenters. The molecular formula is C6H7BrN2O2S. The first-order chi connectivity index (χ1) is 5.65. The van der Waals surface area contributed by atoms with Crippen molar-refractivity contribution in [3.05, 3.63) is 31.5 Å². The zero-order chi connectivity index (χ0) is 9.14. The molecule has 0 saturated heterocycles. The number of aromatic nitrogens is 2. The molecule has 0 unspecified atom stereocenters. The van der Waals surface area contributed by atoms with Crippen LogP contribution in [0.25, 0.3) is 0 Å². The molecule has 0 aromatic carbocycles. The predicted molar refractivity (Wildman–Crippen MR) is 52.9 cm³/mol. The minimum absolute atomic E-state index is 0.351. The highest BCUT2D eigenvalue weighted by atomic mass is 79.9. The number of rotatable bonds is 2. The second kappa shape index (κ2) is 3.95. The number of aryl methyl sites for hydroxylation is 1. The van der Waals surface area contributed by atoms with E-state index in [4.69, 9.17) is 0 Å². The van der Waals surface area contributed by atoms with Gasteiger partial charge in [-0.3, -0.25) is 14.3 Å². The topological polar surface area (TPSA) is 54.9 Å². The second-order valence-electron chi connectivity index (χ2n) is 2.15. The summed E-state index contributed by atoms with van der Waals surface area (Å²) in [5, 5.41) is 0. The first kappa shape index (κ1) is 9.60. The molecule has 12 heavy (non-hydrogen) atoms. The van der Waals surface area contributed by atoms with E-state index in [0.29, 0.717) is 16.8 Å². The Kier molecular flexibility index (Phi) is 3.16. The van der Waals surface area contributed by atoms with Crippen LogP contribution in [0.1, 0.15) is 0 Å². The van der Waals surface area contributed by atoms with Gasteiger partial charge >= 0.3 is 5.69 Å². The third-order valence-corrected chi connectivity index (χ3v) is 2.07. The maximum absolute atomic E-state index is 11.0. The number of aromatic amines is 1. The van der Waals surface area contributed by atoms with Gasteiger partial charge in [-0.25, -0.2) is 4.79 Å². The molecule has 0 amide bonds. The van der Waals surface area contributed by atoms with Crippen LogP contribution >= 0.6 is 28.6 Å². The van der Waals surface area contributed by atoms with Gasteiger partial charge in [0, 0.05) is 18.5 Å². The fourth-order valence-corrected chi connectivity index (χ4v) is 1.32. The van der Waals surface area contributed by atoms with Crippen molar-refractivity contribution in [1.29, 1.82) is 0 Å². The molecule has 0 radical (unpaired) electrons. The summed E-state index contributed by atoms with van der Waals surface area (Å²) in [5.74, 6) is 0.554. The van der Waals surface area contributed by atoms with Crippen molar-refractivity contribution in [3.63, 3.8) is 0 Å². The lowest BCUT2D eigenvalue weighted by atomic mass is 10.6. The summed E-state index contributed by atoms with van der Waals surface area (Å²) < 4.78 is 1.74. The van der Waals surface area contributed by atoms with Crippen LogP contribution in [0.15, 0.2) is 20.3 Å². The summed E-state index contributed by atoms with van der Waals surface area (Å²) in [6.45, 7) is 0.483. The molecule has 0 bridgehead atoms. The monoisotopic (exact) mass is 250 g/mol. The van der Waals surface area contributed by atoms with Gasteiger partial charge in [0.15, 0.2) is 0 Å². The first-order valence-electron chi connectivity index (χ1n) is 3.25. The van der Waals surface area contributed by atoms with Crippen LogP contribution in [-0.4, -0.2) is 15.3 Å². The molecule has 66 valence electrons. The average molecular weight is 251 g/mol. The normalized spacial score (nSPS) is 10.2. The van der Waals surface area contributed by atoms with E-state index >= 15 is 0 Å². The van der Waals surface area contributed by atoms with E-state index in [1.807, 2.05) is 0 Å². The van der Waals surface area contributed by atoms with Gasteiger partial charge in [0.25, 0.3) is 5.56 Å². The van der Waals surface area contributed by atoms with E-state index < -0.39 is 11.2 Å². The third kappa shape index (κ3) is 2.01. The van der Waals surface area contributed by atoms with Crippen LogP contribution in [0.3, 0.4) is 0 Å². The molecule has 1 rings (SSSR count). The van der Waals surface area contributed by atoms with Gasteiger partial charge in [-0.1, -0.05) is 0 Å². The smallest absolute Gasteiger partial charge is 0.299 e. The molecular weight excluding hydrogens is 244 g/mol. The molecule has 4 nitrogen and oxygen atoms in total. The molecule has 0 saturated carbocycles. The highest BCUT2D eigenvalue weighted by molar-refractivity contribution is 9.10. The van der Waals surface area contributed by atoms with Crippen molar-refractivity contribution in [1.82, 2.24) is 9.55 Å². The summed E-state index contributed by atoms with van der Waals surface area (Å²) in [6.07, 6.45) is 1.46. The maximum atomic E-state index is 11.0. The Balaban J connectivity index is 3.24. The highest BCUT2D eigenvalue weighted by Gasteiger charge is 1.99. The maximum Gasteiger partial charge on any atom is 0.328 e. The number of hydrogen-bond donors (Lipinski definition) is 2. The summed E-state index contributed by atoms with van der Waals surface area (Å²) in [4.78, 5) is 24.1. The lowest BCUT2D eigenvalue weighted by molar-refractivity contribution is 0.697. The van der Waals surface area contributed by atoms with E-state index in [0.717, 1.165) is 0 Å². The van der Waals surface area contributed by atoms with Crippen molar-refractivity contribution in [2.24, 2.45) is 0 Å². The number of hydrogen-bond acceptors (Lipinski definition) is 3. The van der Waals surface area contributed by atoms with Gasteiger partial charge < -0.3 is 0 Å². The Hall–Kier alpha value is -0.490. The fraction of sp³-hybridized carbons (Fsp3) is 0.333. The molecule has 0 aliphatic heterocycles. The lowest BCUT2D eigenvalue weighted by Crippen LogP contribution is -2.30. The van der Waals surface area contributed by atoms with Crippen LogP contribution < -0.4 is 11.2 Å². The Labute approximate surface area is 82.2 Å². The van der Waals surface area contributed by atoms with E-state index in [1.165, 1.54) is 10.8 Å². The van der Waals surface area contributed by atoms with Gasteiger partial charge in [0.05, 0.1) is 4.47 Å². The molecule has 0 aliphatic rings. The Bertz CT molecular complexity index is 384. The highest BCUT2D eigenvalue weighted by Crippen LogP contribution is 1.97. The summed E-state index contributed by atoms with van der Waals surface area (Å²) >= 11 is 6.99. The lowest BCUT2D eigenvalue weighted by Gasteiger charge is -2.01. The average Bonchev–Trinajstić information content (AvgIpc) is 2.01. The third-order valence-electron chi connectivity index (χ3n) is 1.31. The van der Waals surface area contributed by atoms with Crippen LogP contribution in [0, 0.1) is 0 Å². The van der Waals surface area contributed by atoms with Gasteiger partial charge in [-0.05, 0) is 15.9 Å². The van der Waals surface area contributed by atoms with E-state index in [-0.39, 0.29) is 0 Å². The van der Waals surface area contributed by atoms with Crippen LogP contribution in [0.5, 0.6) is 0 Å². The van der Waals surface area contributed by atoms with E-state index in [1.54, 1.807) is 0 Å². The standard InChI is InChI=1S/C6H7BrN2O2S/c7-4-3-9(1-2-12)6(11)8-5(4)10/h3,12H,1-2H2,(H,8,10,11). The first-order valence-corrected chi connectivity index (χ1v) is 4.68. The second-order valence-corrected chi connectivity index (χ2v) is 3.45. The molecule has 1 N–H and O–H groups in total. The minimum Gasteiger partial charge on any atom is -0.299 e. The number of nitrogens with zero attached hydrogens (tertiary/aromatic N) is 1. The van der Waals surface area contributed by atoms with Gasteiger partial charge in [0.1, 0.15) is 0 Å². The van der Waals surface area contributed by atoms with Gasteiger partial charge in [0.2, 0.25) is 0 Å². The van der Waals surface area contributed by atoms with E-state index in [9.17, 15) is 9.59 Å². The molecule has 6 heteroatoms. The minimum atomic E-state index is -0.407. The zero-order valence-electron chi connectivity index (χ0n) is 6.08. The van der Waals surface area contributed by atoms with Gasteiger partial charge in [-0.15, -0.1) is 0 Å². The zero-order valence-corrected chi connectivity index (χ0v) is 8.56. The van der Waals surface area contributed by atoms with Crippen LogP contribution in [0.2, 0.25) is 0 Å². The SMILES string of the molecule is O=c1[nH]c(=O)n(CCS)cc1Br. The predicted octanol–water partition coefficient (Wildman–Crippen LogP) is 0.229. The fourth-order valence-electron chi connectivity index (χ4n) is 0.757. The molecule has 0 fully saturated rings. The number of thiol groups is 1. The molecule has 1 aromatic heterocycles. The van der Waals surface area contributed by atoms with E-state index in [2.05, 4.69) is 33.5 Å². The van der Waals surface area contributed by atoms with Crippen molar-refractivity contribution in [2.75, 3.05) is 5.75 Å². The number of halogens is 1. The van der Waals surface area contributed by atoms with Crippen LogP contribution in [-0.2, 0) is 6.54 Å². The van der Waals surface area contributed by atoms with Crippen molar-refractivity contribution >= 4 is 28.6 Å². The van der Waals surface area contributed by atoms with Crippen molar-refractivity contribution < 1.29 is 0 Å². The quantitative estimate of drug-likeness (QED) is 0.739. The number of nitrogens with one attached hydrogen (secondary N) is 1. The Morgan fingerprint density at radius 1 is 1.58 bits per heavy atom. The molecule has 0 aliphatic carbocycles.